The predicted molar refractivity (Wildman–Crippen MR) is 72.0 cm³/mol. The van der Waals surface area contributed by atoms with Crippen LogP contribution >= 0.6 is 22.6 Å². The molecule has 0 spiro atoms. The fourth-order valence-electron chi connectivity index (χ4n) is 2.02. The molecule has 0 fully saturated rings. The molecule has 2 rings (SSSR count). The van der Waals surface area contributed by atoms with Crippen molar-refractivity contribution in [2.24, 2.45) is 5.92 Å². The average molecular weight is 330 g/mol. The summed E-state index contributed by atoms with van der Waals surface area (Å²) in [5.41, 5.74) is 1.17. The number of fused-ring (bicyclic) bond motifs is 1. The number of halogens is 1. The van der Waals surface area contributed by atoms with Gasteiger partial charge in [0.2, 0.25) is 0 Å². The van der Waals surface area contributed by atoms with E-state index in [1.54, 1.807) is 0 Å². The number of alkyl halides is 1. The van der Waals surface area contributed by atoms with E-state index >= 15 is 0 Å². The second-order valence-electron chi connectivity index (χ2n) is 4.11. The monoisotopic (exact) mass is 330 g/mol. The van der Waals surface area contributed by atoms with Crippen LogP contribution in [-0.2, 0) is 11.2 Å². The van der Waals surface area contributed by atoms with Crippen LogP contribution in [0.25, 0.3) is 0 Å². The van der Waals surface area contributed by atoms with E-state index in [9.17, 15) is 4.79 Å². The summed E-state index contributed by atoms with van der Waals surface area (Å²) in [6.45, 7) is 0. The molecule has 0 saturated carbocycles. The normalized spacial score (nSPS) is 19.1. The second-order valence-corrected chi connectivity index (χ2v) is 5.19. The Bertz CT molecular complexity index is 376. The molecule has 1 aromatic carbocycles. The molecule has 1 heterocycles. The molecule has 0 N–H and O–H groups in total. The van der Waals surface area contributed by atoms with Crippen molar-refractivity contribution in [2.75, 3.05) is 4.43 Å². The molecule has 1 aliphatic heterocycles. The van der Waals surface area contributed by atoms with Crippen LogP contribution in [0.5, 0.6) is 5.75 Å². The Morgan fingerprint density at radius 3 is 2.94 bits per heavy atom. The predicted octanol–water partition coefficient (Wildman–Crippen LogP) is 3.37. The third-order valence-electron chi connectivity index (χ3n) is 2.92. The Hall–Kier alpha value is -0.580. The first-order valence-electron chi connectivity index (χ1n) is 5.67. The van der Waals surface area contributed by atoms with Gasteiger partial charge in [-0.25, -0.2) is 0 Å². The average Bonchev–Trinajstić information content (AvgIpc) is 2.30. The summed E-state index contributed by atoms with van der Waals surface area (Å²) >= 11 is 2.37. The van der Waals surface area contributed by atoms with Crippen LogP contribution in [0.1, 0.15) is 24.8 Å². The fourth-order valence-corrected chi connectivity index (χ4v) is 2.56. The van der Waals surface area contributed by atoms with E-state index < -0.39 is 0 Å². The zero-order valence-electron chi connectivity index (χ0n) is 9.12. The van der Waals surface area contributed by atoms with Gasteiger partial charge in [-0.15, -0.1) is 0 Å². The van der Waals surface area contributed by atoms with Gasteiger partial charge in [0.1, 0.15) is 5.75 Å². The number of hydrogen-bond donors (Lipinski definition) is 0. The second kappa shape index (κ2) is 5.66. The van der Waals surface area contributed by atoms with Gasteiger partial charge >= 0.3 is 5.97 Å². The van der Waals surface area contributed by atoms with Crippen molar-refractivity contribution in [1.29, 1.82) is 0 Å². The number of benzene rings is 1. The van der Waals surface area contributed by atoms with Crippen molar-refractivity contribution in [2.45, 2.75) is 25.7 Å². The van der Waals surface area contributed by atoms with E-state index in [4.69, 9.17) is 4.74 Å². The molecule has 0 bridgehead atoms. The van der Waals surface area contributed by atoms with Gasteiger partial charge in [-0.05, 0) is 35.3 Å². The largest absolute Gasteiger partial charge is 0.426 e. The van der Waals surface area contributed by atoms with Crippen molar-refractivity contribution >= 4 is 28.6 Å². The van der Waals surface area contributed by atoms with Crippen molar-refractivity contribution in [3.63, 3.8) is 0 Å². The Kier molecular flexibility index (Phi) is 4.21. The van der Waals surface area contributed by atoms with E-state index in [1.807, 2.05) is 24.3 Å². The van der Waals surface area contributed by atoms with Crippen LogP contribution in [0.15, 0.2) is 24.3 Å². The molecule has 0 aromatic heterocycles. The van der Waals surface area contributed by atoms with E-state index in [-0.39, 0.29) is 11.9 Å². The molecular formula is C13H15IO2. The van der Waals surface area contributed by atoms with Crippen molar-refractivity contribution in [3.05, 3.63) is 29.8 Å². The minimum atomic E-state index is -0.0489. The maximum absolute atomic E-state index is 11.7. The van der Waals surface area contributed by atoms with E-state index in [0.717, 1.165) is 29.4 Å². The summed E-state index contributed by atoms with van der Waals surface area (Å²) in [7, 11) is 0. The molecule has 3 heteroatoms. The third kappa shape index (κ3) is 2.75. The molecule has 0 aliphatic carbocycles. The van der Waals surface area contributed by atoms with Crippen molar-refractivity contribution in [1.82, 2.24) is 0 Å². The zero-order valence-corrected chi connectivity index (χ0v) is 11.3. The van der Waals surface area contributed by atoms with Crippen LogP contribution in [-0.4, -0.2) is 10.4 Å². The quantitative estimate of drug-likeness (QED) is 0.278. The molecule has 1 atom stereocenters. The first kappa shape index (κ1) is 11.9. The lowest BCUT2D eigenvalue weighted by Gasteiger charge is -2.22. The third-order valence-corrected chi connectivity index (χ3v) is 3.68. The van der Waals surface area contributed by atoms with Crippen molar-refractivity contribution in [3.8, 4) is 5.75 Å². The van der Waals surface area contributed by atoms with Crippen LogP contribution in [0.3, 0.4) is 0 Å². The molecule has 1 aliphatic rings. The highest BCUT2D eigenvalue weighted by molar-refractivity contribution is 14.1. The van der Waals surface area contributed by atoms with Gasteiger partial charge < -0.3 is 4.74 Å². The minimum Gasteiger partial charge on any atom is -0.426 e. The highest BCUT2D eigenvalue weighted by Gasteiger charge is 2.27. The SMILES string of the molecule is O=C1Oc2ccccc2CC1CCCCI. The van der Waals surface area contributed by atoms with Gasteiger partial charge in [0.05, 0.1) is 5.92 Å². The number of carbonyl (C=O) groups is 1. The molecule has 2 nitrogen and oxygen atoms in total. The van der Waals surface area contributed by atoms with Gasteiger partial charge in [0.25, 0.3) is 0 Å². The number of rotatable bonds is 4. The lowest BCUT2D eigenvalue weighted by molar-refractivity contribution is -0.140. The molecule has 1 aromatic rings. The van der Waals surface area contributed by atoms with Gasteiger partial charge in [-0.3, -0.25) is 4.79 Å². The molecule has 86 valence electrons. The van der Waals surface area contributed by atoms with E-state index in [2.05, 4.69) is 22.6 Å². The first-order chi connectivity index (χ1) is 7.81. The van der Waals surface area contributed by atoms with Crippen LogP contribution < -0.4 is 4.74 Å². The maximum atomic E-state index is 11.7. The van der Waals surface area contributed by atoms with Gasteiger partial charge in [0, 0.05) is 0 Å². The van der Waals surface area contributed by atoms with Gasteiger partial charge in [0.15, 0.2) is 0 Å². The van der Waals surface area contributed by atoms with E-state index in [0.29, 0.717) is 0 Å². The Morgan fingerprint density at radius 1 is 1.31 bits per heavy atom. The lowest BCUT2D eigenvalue weighted by Crippen LogP contribution is -2.27. The fraction of sp³-hybridized carbons (Fsp3) is 0.462. The van der Waals surface area contributed by atoms with Crippen molar-refractivity contribution < 1.29 is 9.53 Å². The lowest BCUT2D eigenvalue weighted by atomic mass is 9.92. The number of para-hydroxylation sites is 1. The number of carbonyl (C=O) groups excluding carboxylic acids is 1. The van der Waals surface area contributed by atoms with Gasteiger partial charge in [-0.2, -0.15) is 0 Å². The summed E-state index contributed by atoms with van der Waals surface area (Å²) in [5.74, 6) is 0.766. The van der Waals surface area contributed by atoms with Crippen LogP contribution in [0.2, 0.25) is 0 Å². The molecule has 0 radical (unpaired) electrons. The highest BCUT2D eigenvalue weighted by atomic mass is 127. The summed E-state index contributed by atoms with van der Waals surface area (Å²) in [6, 6.07) is 7.82. The molecule has 0 saturated heterocycles. The molecule has 1 unspecified atom stereocenters. The standard InChI is InChI=1S/C13H15IO2/c14-8-4-3-6-11-9-10-5-1-2-7-12(10)16-13(11)15/h1-2,5,7,11H,3-4,6,8-9H2. The van der Waals surface area contributed by atoms with E-state index in [1.165, 1.54) is 12.0 Å². The number of ether oxygens (including phenoxy) is 1. The minimum absolute atomic E-state index is 0.0489. The Balaban J connectivity index is 2.01. The Morgan fingerprint density at radius 2 is 2.12 bits per heavy atom. The van der Waals surface area contributed by atoms with Gasteiger partial charge in [-0.1, -0.05) is 47.2 Å². The molecule has 0 amide bonds. The van der Waals surface area contributed by atoms with Crippen LogP contribution in [0.4, 0.5) is 0 Å². The zero-order chi connectivity index (χ0) is 11.4. The molecule has 16 heavy (non-hydrogen) atoms. The summed E-state index contributed by atoms with van der Waals surface area (Å²) < 4.78 is 6.50. The summed E-state index contributed by atoms with van der Waals surface area (Å²) in [4.78, 5) is 11.7. The Labute approximate surface area is 110 Å². The topological polar surface area (TPSA) is 26.3 Å². The number of unbranched alkanes of at least 4 members (excludes halogenated alkanes) is 1. The molecular weight excluding hydrogens is 315 g/mol. The number of hydrogen-bond acceptors (Lipinski definition) is 2. The maximum Gasteiger partial charge on any atom is 0.314 e. The summed E-state index contributed by atoms with van der Waals surface area (Å²) in [5, 5.41) is 0. The highest BCUT2D eigenvalue weighted by Crippen LogP contribution is 2.29. The first-order valence-corrected chi connectivity index (χ1v) is 7.19. The van der Waals surface area contributed by atoms with Crippen LogP contribution in [0, 0.1) is 5.92 Å². The number of esters is 1. The summed E-state index contributed by atoms with van der Waals surface area (Å²) in [6.07, 6.45) is 4.10. The smallest absolute Gasteiger partial charge is 0.314 e.